The van der Waals surface area contributed by atoms with Crippen LogP contribution in [0.2, 0.25) is 65.5 Å². The van der Waals surface area contributed by atoms with Crippen molar-refractivity contribution in [3.63, 3.8) is 0 Å². The standard InChI is InChI=1S/C28H40Si3.C2H8Si/c1-19-17-23-21(13-11-15-25(23)29(3,4)5)27(19)31(9,10)28-20(2)18-24-22(28)14-12-16-26(24)30(6,7)8;1-3-2/h11-18,27-28H,1-10H3;3H2,1-2H3. The molecule has 2 aliphatic rings. The Hall–Kier alpha value is -1.21. The Bertz CT molecular complexity index is 1040. The van der Waals surface area contributed by atoms with Gasteiger partial charge in [-0.15, -0.1) is 0 Å². The van der Waals surface area contributed by atoms with Gasteiger partial charge in [0.1, 0.15) is 0 Å². The van der Waals surface area contributed by atoms with Gasteiger partial charge in [0.15, 0.2) is 0 Å². The van der Waals surface area contributed by atoms with Crippen LogP contribution in [0.4, 0.5) is 0 Å². The van der Waals surface area contributed by atoms with E-state index in [1.807, 2.05) is 0 Å². The van der Waals surface area contributed by atoms with Crippen molar-refractivity contribution in [2.75, 3.05) is 0 Å². The Balaban J connectivity index is 0.00000103. The normalized spacial score (nSPS) is 19.6. The lowest BCUT2D eigenvalue weighted by atomic mass is 10.1. The van der Waals surface area contributed by atoms with Crippen molar-refractivity contribution < 1.29 is 0 Å². The lowest BCUT2D eigenvalue weighted by Gasteiger charge is -2.39. The number of rotatable bonds is 4. The molecule has 0 saturated heterocycles. The van der Waals surface area contributed by atoms with Crippen LogP contribution >= 0.6 is 0 Å². The predicted octanol–water partition coefficient (Wildman–Crippen LogP) is 7.52. The molecule has 0 amide bonds. The summed E-state index contributed by atoms with van der Waals surface area (Å²) in [6, 6.07) is 14.4. The molecule has 0 aliphatic heterocycles. The zero-order chi connectivity index (χ0) is 25.6. The highest BCUT2D eigenvalue weighted by molar-refractivity contribution is 6.90. The lowest BCUT2D eigenvalue weighted by Crippen LogP contribution is -2.44. The molecule has 2 aliphatic carbocycles. The first-order valence-corrected chi connectivity index (χ1v) is 26.3. The highest BCUT2D eigenvalue weighted by Crippen LogP contribution is 2.51. The maximum Gasteiger partial charge on any atom is 0.0783 e. The van der Waals surface area contributed by atoms with Gasteiger partial charge in [0.25, 0.3) is 0 Å². The van der Waals surface area contributed by atoms with Crippen molar-refractivity contribution in [3.05, 3.63) is 69.8 Å². The minimum absolute atomic E-state index is 0.417. The predicted molar refractivity (Wildman–Crippen MR) is 169 cm³/mol. The van der Waals surface area contributed by atoms with Crippen LogP contribution < -0.4 is 10.4 Å². The minimum atomic E-state index is -1.74. The summed E-state index contributed by atoms with van der Waals surface area (Å²) in [4.78, 5) is 0. The van der Waals surface area contributed by atoms with Crippen molar-refractivity contribution >= 4 is 56.3 Å². The lowest BCUT2D eigenvalue weighted by molar-refractivity contribution is 0.969. The largest absolute Gasteiger partial charge is 0.0783 e. The Morgan fingerprint density at radius 1 is 0.588 bits per heavy atom. The van der Waals surface area contributed by atoms with Crippen LogP contribution in [0.3, 0.4) is 0 Å². The zero-order valence-corrected chi connectivity index (χ0v) is 28.4. The summed E-state index contributed by atoms with van der Waals surface area (Å²) < 4.78 is 0. The van der Waals surface area contributed by atoms with Gasteiger partial charge in [0.05, 0.1) is 24.2 Å². The second-order valence-electron chi connectivity index (χ2n) is 13.3. The van der Waals surface area contributed by atoms with E-state index in [1.165, 1.54) is 0 Å². The molecule has 0 N–H and O–H groups in total. The molecule has 4 heteroatoms. The third-order valence-electron chi connectivity index (χ3n) is 7.66. The Labute approximate surface area is 215 Å². The first-order chi connectivity index (χ1) is 15.7. The maximum atomic E-state index is 2.66. The van der Waals surface area contributed by atoms with Gasteiger partial charge in [-0.05, 0) is 36.1 Å². The first-order valence-electron chi connectivity index (χ1n) is 13.3. The molecule has 0 heterocycles. The molecule has 2 aromatic rings. The van der Waals surface area contributed by atoms with Crippen LogP contribution in [0.15, 0.2) is 47.5 Å². The molecule has 0 nitrogen and oxygen atoms in total. The summed E-state index contributed by atoms with van der Waals surface area (Å²) in [6.45, 7) is 29.6. The minimum Gasteiger partial charge on any atom is -0.0750 e. The molecular weight excluding hydrogens is 473 g/mol. The van der Waals surface area contributed by atoms with Crippen molar-refractivity contribution in [1.29, 1.82) is 0 Å². The maximum absolute atomic E-state index is 2.66. The molecule has 0 fully saturated rings. The molecule has 34 heavy (non-hydrogen) atoms. The molecular formula is C30H48Si4. The van der Waals surface area contributed by atoms with E-state index in [2.05, 4.69) is 128 Å². The second kappa shape index (κ2) is 9.68. The summed E-state index contributed by atoms with van der Waals surface area (Å²) in [5, 5.41) is 3.27. The van der Waals surface area contributed by atoms with Crippen molar-refractivity contribution in [2.45, 2.75) is 90.4 Å². The third kappa shape index (κ3) is 4.88. The van der Waals surface area contributed by atoms with Crippen molar-refractivity contribution in [3.8, 4) is 0 Å². The van der Waals surface area contributed by atoms with Crippen LogP contribution in [0.5, 0.6) is 0 Å². The van der Waals surface area contributed by atoms with E-state index in [9.17, 15) is 0 Å². The van der Waals surface area contributed by atoms with E-state index in [4.69, 9.17) is 0 Å². The fraction of sp³-hybridized carbons (Fsp3) is 0.467. The van der Waals surface area contributed by atoms with Gasteiger partial charge in [-0.2, -0.15) is 0 Å². The number of hydrogen-bond donors (Lipinski definition) is 0. The quantitative estimate of drug-likeness (QED) is 0.366. The molecule has 2 unspecified atom stereocenters. The second-order valence-corrected chi connectivity index (χ2v) is 29.6. The van der Waals surface area contributed by atoms with Gasteiger partial charge >= 0.3 is 0 Å². The van der Waals surface area contributed by atoms with E-state index >= 15 is 0 Å². The molecule has 184 valence electrons. The summed E-state index contributed by atoms with van der Waals surface area (Å²) in [6.07, 6.45) is 5.10. The van der Waals surface area contributed by atoms with Crippen LogP contribution in [0.1, 0.15) is 47.2 Å². The molecule has 2 atom stereocenters. The topological polar surface area (TPSA) is 0 Å². The molecule has 0 bridgehead atoms. The number of benzene rings is 2. The number of fused-ring (bicyclic) bond motifs is 2. The van der Waals surface area contributed by atoms with Gasteiger partial charge in [-0.1, -0.05) is 136 Å². The zero-order valence-electron chi connectivity index (χ0n) is 24.0. The third-order valence-corrected chi connectivity index (χ3v) is 16.3. The van der Waals surface area contributed by atoms with E-state index in [1.54, 1.807) is 43.8 Å². The number of allylic oxidation sites excluding steroid dienone is 2. The highest BCUT2D eigenvalue weighted by Gasteiger charge is 2.47. The smallest absolute Gasteiger partial charge is 0.0750 e. The monoisotopic (exact) mass is 520 g/mol. The SMILES string of the molecule is CC1=Cc2c(cccc2[Si](C)(C)C)C1[Si](C)(C)C1C(C)=Cc2c1cccc2[Si](C)(C)C.C[SiH2]C. The molecule has 0 radical (unpaired) electrons. The van der Waals surface area contributed by atoms with Crippen molar-refractivity contribution in [1.82, 2.24) is 0 Å². The van der Waals surface area contributed by atoms with Crippen LogP contribution in [-0.2, 0) is 0 Å². The summed E-state index contributed by atoms with van der Waals surface area (Å²) >= 11 is 0. The van der Waals surface area contributed by atoms with E-state index in [0.29, 0.717) is 20.6 Å². The molecule has 4 rings (SSSR count). The van der Waals surface area contributed by atoms with Crippen molar-refractivity contribution in [2.24, 2.45) is 0 Å². The number of hydrogen-bond acceptors (Lipinski definition) is 0. The average molecular weight is 521 g/mol. The van der Waals surface area contributed by atoms with Gasteiger partial charge in [0.2, 0.25) is 0 Å². The van der Waals surface area contributed by atoms with Gasteiger partial charge in [-0.25, -0.2) is 0 Å². The van der Waals surface area contributed by atoms with Gasteiger partial charge in [0, 0.05) is 20.6 Å². The Morgan fingerprint density at radius 2 is 0.912 bits per heavy atom. The fourth-order valence-electron chi connectivity index (χ4n) is 6.55. The first kappa shape index (κ1) is 27.4. The van der Waals surface area contributed by atoms with Gasteiger partial charge < -0.3 is 0 Å². The van der Waals surface area contributed by atoms with Crippen LogP contribution in [0, 0.1) is 0 Å². The Morgan fingerprint density at radius 3 is 1.21 bits per heavy atom. The fourth-order valence-corrected chi connectivity index (χ4v) is 14.7. The Kier molecular flexibility index (Phi) is 7.80. The molecule has 0 spiro atoms. The summed E-state index contributed by atoms with van der Waals surface area (Å²) in [5.74, 6) is 0. The summed E-state index contributed by atoms with van der Waals surface area (Å²) in [5.41, 5.74) is 10.8. The van der Waals surface area contributed by atoms with Crippen LogP contribution in [-0.4, -0.2) is 33.7 Å². The molecule has 0 aromatic heterocycles. The average Bonchev–Trinajstić information content (AvgIpc) is 3.22. The van der Waals surface area contributed by atoms with Gasteiger partial charge in [-0.3, -0.25) is 0 Å². The molecule has 0 saturated carbocycles. The van der Waals surface area contributed by atoms with E-state index in [-0.39, 0.29) is 0 Å². The van der Waals surface area contributed by atoms with Crippen LogP contribution in [0.25, 0.3) is 12.2 Å². The summed E-state index contributed by atoms with van der Waals surface area (Å²) in [7, 11) is -4.07. The van der Waals surface area contributed by atoms with E-state index in [0.717, 1.165) is 0 Å². The highest BCUT2D eigenvalue weighted by atomic mass is 28.3. The van der Waals surface area contributed by atoms with E-state index < -0.39 is 24.2 Å². The molecule has 2 aromatic carbocycles.